The van der Waals surface area contributed by atoms with Gasteiger partial charge < -0.3 is 10.2 Å². The van der Waals surface area contributed by atoms with Crippen LogP contribution in [-0.4, -0.2) is 47.5 Å². The van der Waals surface area contributed by atoms with E-state index in [9.17, 15) is 0 Å². The molecule has 1 aliphatic carbocycles. The number of nitrogens with one attached hydrogen (secondary N) is 1. The standard InChI is InChI=1S/C14H27N3S.HI/c1-5-15-13(16-9-12-8-11(12)2)17-6-7-18-14(3,4)10-17;/h11-12H,5-10H2,1-4H3,(H,15,16);1H. The monoisotopic (exact) mass is 397 g/mol. The van der Waals surface area contributed by atoms with E-state index in [0.717, 1.165) is 44.0 Å². The van der Waals surface area contributed by atoms with Crippen LogP contribution in [0.1, 0.15) is 34.1 Å². The van der Waals surface area contributed by atoms with E-state index in [1.807, 2.05) is 0 Å². The molecule has 1 saturated carbocycles. The minimum atomic E-state index is 0. The molecule has 0 aromatic rings. The third-order valence-corrected chi connectivity index (χ3v) is 5.11. The predicted octanol–water partition coefficient (Wildman–Crippen LogP) is 3.05. The maximum absolute atomic E-state index is 4.84. The van der Waals surface area contributed by atoms with Crippen molar-refractivity contribution in [3.8, 4) is 0 Å². The van der Waals surface area contributed by atoms with E-state index in [0.29, 0.717) is 4.75 Å². The highest BCUT2D eigenvalue weighted by Crippen LogP contribution is 2.37. The lowest BCUT2D eigenvalue weighted by Crippen LogP contribution is -2.51. The van der Waals surface area contributed by atoms with Crippen LogP contribution < -0.4 is 5.32 Å². The van der Waals surface area contributed by atoms with E-state index < -0.39 is 0 Å². The zero-order valence-corrected chi connectivity index (χ0v) is 15.8. The van der Waals surface area contributed by atoms with Gasteiger partial charge in [0.2, 0.25) is 0 Å². The first-order valence-corrected chi connectivity index (χ1v) is 8.17. The Morgan fingerprint density at radius 3 is 2.68 bits per heavy atom. The third kappa shape index (κ3) is 5.33. The summed E-state index contributed by atoms with van der Waals surface area (Å²) >= 11 is 2.07. The van der Waals surface area contributed by atoms with Crippen molar-refractivity contribution in [1.29, 1.82) is 0 Å². The molecule has 2 fully saturated rings. The van der Waals surface area contributed by atoms with Crippen LogP contribution in [0, 0.1) is 11.8 Å². The molecule has 2 atom stereocenters. The van der Waals surface area contributed by atoms with Crippen LogP contribution in [0.25, 0.3) is 0 Å². The van der Waals surface area contributed by atoms with E-state index >= 15 is 0 Å². The summed E-state index contributed by atoms with van der Waals surface area (Å²) < 4.78 is 0.349. The summed E-state index contributed by atoms with van der Waals surface area (Å²) in [6.07, 6.45) is 1.37. The maximum atomic E-state index is 4.84. The minimum Gasteiger partial charge on any atom is -0.357 e. The van der Waals surface area contributed by atoms with Crippen molar-refractivity contribution in [2.75, 3.05) is 31.9 Å². The Morgan fingerprint density at radius 1 is 1.47 bits per heavy atom. The lowest BCUT2D eigenvalue weighted by atomic mass is 10.2. The first-order valence-electron chi connectivity index (χ1n) is 7.19. The molecule has 1 saturated heterocycles. The van der Waals surface area contributed by atoms with Crippen molar-refractivity contribution in [2.24, 2.45) is 16.8 Å². The summed E-state index contributed by atoms with van der Waals surface area (Å²) in [5, 5.41) is 3.45. The fraction of sp³-hybridized carbons (Fsp3) is 0.929. The van der Waals surface area contributed by atoms with Crippen molar-refractivity contribution >= 4 is 41.7 Å². The molecule has 0 aromatic heterocycles. The lowest BCUT2D eigenvalue weighted by Gasteiger charge is -2.39. The second-order valence-corrected chi connectivity index (χ2v) is 8.00. The fourth-order valence-electron chi connectivity index (χ4n) is 2.48. The minimum absolute atomic E-state index is 0. The van der Waals surface area contributed by atoms with Crippen LogP contribution in [-0.2, 0) is 0 Å². The van der Waals surface area contributed by atoms with Crippen LogP contribution in [0.4, 0.5) is 0 Å². The van der Waals surface area contributed by atoms with Crippen molar-refractivity contribution in [1.82, 2.24) is 10.2 Å². The van der Waals surface area contributed by atoms with E-state index in [4.69, 9.17) is 4.99 Å². The van der Waals surface area contributed by atoms with Gasteiger partial charge in [-0.2, -0.15) is 11.8 Å². The third-order valence-electron chi connectivity index (χ3n) is 3.81. The van der Waals surface area contributed by atoms with Gasteiger partial charge in [0.05, 0.1) is 0 Å². The molecule has 2 unspecified atom stereocenters. The predicted molar refractivity (Wildman–Crippen MR) is 96.8 cm³/mol. The number of guanidine groups is 1. The molecular formula is C14H28IN3S. The number of aliphatic imine (C=N–C) groups is 1. The van der Waals surface area contributed by atoms with Crippen molar-refractivity contribution in [3.05, 3.63) is 0 Å². The second kappa shape index (κ2) is 7.38. The summed E-state index contributed by atoms with van der Waals surface area (Å²) in [6.45, 7) is 13.3. The highest BCUT2D eigenvalue weighted by atomic mass is 127. The van der Waals surface area contributed by atoms with Crippen molar-refractivity contribution < 1.29 is 0 Å². The Morgan fingerprint density at radius 2 is 2.16 bits per heavy atom. The molecule has 0 amide bonds. The molecule has 0 radical (unpaired) electrons. The Balaban J connectivity index is 0.00000180. The van der Waals surface area contributed by atoms with Gasteiger partial charge in [-0.05, 0) is 39.0 Å². The topological polar surface area (TPSA) is 27.6 Å². The molecule has 1 heterocycles. The average Bonchev–Trinajstić information content (AvgIpc) is 2.99. The SMILES string of the molecule is CCNC(=NCC1CC1C)N1CCSC(C)(C)C1.I. The zero-order chi connectivity index (χ0) is 13.2. The lowest BCUT2D eigenvalue weighted by molar-refractivity contribution is 0.375. The largest absolute Gasteiger partial charge is 0.357 e. The fourth-order valence-corrected chi connectivity index (χ4v) is 3.59. The van der Waals surface area contributed by atoms with Crippen LogP contribution >= 0.6 is 35.7 Å². The van der Waals surface area contributed by atoms with Gasteiger partial charge in [-0.1, -0.05) is 6.92 Å². The number of rotatable bonds is 3. The van der Waals surface area contributed by atoms with E-state index in [2.05, 4.69) is 49.7 Å². The molecule has 3 nitrogen and oxygen atoms in total. The molecule has 112 valence electrons. The van der Waals surface area contributed by atoms with Gasteiger partial charge >= 0.3 is 0 Å². The zero-order valence-electron chi connectivity index (χ0n) is 12.6. The summed E-state index contributed by atoms with van der Waals surface area (Å²) in [5.41, 5.74) is 0. The summed E-state index contributed by atoms with van der Waals surface area (Å²) in [4.78, 5) is 7.27. The van der Waals surface area contributed by atoms with E-state index in [1.54, 1.807) is 0 Å². The van der Waals surface area contributed by atoms with Crippen molar-refractivity contribution in [2.45, 2.75) is 38.9 Å². The smallest absolute Gasteiger partial charge is 0.193 e. The first-order chi connectivity index (χ1) is 8.52. The normalized spacial score (nSPS) is 29.7. The molecule has 19 heavy (non-hydrogen) atoms. The molecule has 1 N–H and O–H groups in total. The number of nitrogens with zero attached hydrogens (tertiary/aromatic N) is 2. The average molecular weight is 397 g/mol. The van der Waals surface area contributed by atoms with Crippen LogP contribution in [0.2, 0.25) is 0 Å². The Bertz CT molecular complexity index is 320. The molecule has 5 heteroatoms. The van der Waals surface area contributed by atoms with Gasteiger partial charge in [0.25, 0.3) is 0 Å². The second-order valence-electron chi connectivity index (χ2n) is 6.20. The molecular weight excluding hydrogens is 369 g/mol. The van der Waals surface area contributed by atoms with E-state index in [-0.39, 0.29) is 24.0 Å². The number of halogens is 1. The Hall–Kier alpha value is 0.350. The first kappa shape index (κ1) is 17.4. The summed E-state index contributed by atoms with van der Waals surface area (Å²) in [5.74, 6) is 4.07. The number of hydrogen-bond acceptors (Lipinski definition) is 2. The van der Waals surface area contributed by atoms with Crippen molar-refractivity contribution in [3.63, 3.8) is 0 Å². The van der Waals surface area contributed by atoms with Gasteiger partial charge in [-0.25, -0.2) is 0 Å². The summed E-state index contributed by atoms with van der Waals surface area (Å²) in [6, 6.07) is 0. The van der Waals surface area contributed by atoms with E-state index in [1.165, 1.54) is 12.2 Å². The van der Waals surface area contributed by atoms with Gasteiger partial charge in [0.1, 0.15) is 0 Å². The molecule has 1 aliphatic heterocycles. The Kier molecular flexibility index (Phi) is 6.76. The van der Waals surface area contributed by atoms with Gasteiger partial charge in [-0.3, -0.25) is 4.99 Å². The Labute approximate surface area is 139 Å². The maximum Gasteiger partial charge on any atom is 0.193 e. The van der Waals surface area contributed by atoms with Gasteiger partial charge in [0, 0.05) is 36.7 Å². The van der Waals surface area contributed by atoms with Crippen LogP contribution in [0.15, 0.2) is 4.99 Å². The van der Waals surface area contributed by atoms with Crippen LogP contribution in [0.3, 0.4) is 0 Å². The number of hydrogen-bond donors (Lipinski definition) is 1. The van der Waals surface area contributed by atoms with Crippen LogP contribution in [0.5, 0.6) is 0 Å². The highest BCUT2D eigenvalue weighted by Gasteiger charge is 2.33. The molecule has 2 rings (SSSR count). The number of thioether (sulfide) groups is 1. The van der Waals surface area contributed by atoms with Gasteiger partial charge in [0.15, 0.2) is 5.96 Å². The molecule has 0 aromatic carbocycles. The van der Waals surface area contributed by atoms with Gasteiger partial charge in [-0.15, -0.1) is 24.0 Å². The molecule has 0 spiro atoms. The highest BCUT2D eigenvalue weighted by molar-refractivity contribution is 14.0. The summed E-state index contributed by atoms with van der Waals surface area (Å²) in [7, 11) is 0. The molecule has 0 bridgehead atoms. The quantitative estimate of drug-likeness (QED) is 0.451. The molecule has 2 aliphatic rings.